The van der Waals surface area contributed by atoms with Crippen molar-refractivity contribution < 1.29 is 8.78 Å². The van der Waals surface area contributed by atoms with Crippen molar-refractivity contribution in [3.05, 3.63) is 35.5 Å². The van der Waals surface area contributed by atoms with Gasteiger partial charge in [0.2, 0.25) is 0 Å². The van der Waals surface area contributed by atoms with Crippen LogP contribution in [0.1, 0.15) is 39.3 Å². The topological polar surface area (TPSA) is 54.7 Å². The number of nitrogens with zero attached hydrogens (tertiary/aromatic N) is 1. The lowest BCUT2D eigenvalue weighted by atomic mass is 9.99. The summed E-state index contributed by atoms with van der Waals surface area (Å²) in [6.45, 7) is 8.69. The van der Waals surface area contributed by atoms with E-state index in [-0.39, 0.29) is 22.6 Å². The fourth-order valence-electron chi connectivity index (χ4n) is 3.50. The molecule has 112 valence electrons. The third kappa shape index (κ3) is 1.87. The molecular formula is C16H19F2N3. The Morgan fingerprint density at radius 2 is 1.57 bits per heavy atom. The molecule has 0 spiro atoms. The van der Waals surface area contributed by atoms with Crippen LogP contribution in [0.3, 0.4) is 0 Å². The summed E-state index contributed by atoms with van der Waals surface area (Å²) in [6, 6.07) is 3.43. The SMILES string of the molecule is CC1(C)C(c2[nH]nc(N)c2-c2cc(F)cc(F)c2)C1(C)C. The highest BCUT2D eigenvalue weighted by molar-refractivity contribution is 5.77. The van der Waals surface area contributed by atoms with E-state index >= 15 is 0 Å². The molecule has 0 amide bonds. The molecule has 0 unspecified atom stereocenters. The Hall–Kier alpha value is -1.91. The van der Waals surface area contributed by atoms with Crippen molar-refractivity contribution >= 4 is 5.82 Å². The van der Waals surface area contributed by atoms with Gasteiger partial charge in [0.05, 0.1) is 0 Å². The van der Waals surface area contributed by atoms with Gasteiger partial charge < -0.3 is 5.73 Å². The summed E-state index contributed by atoms with van der Waals surface area (Å²) in [5.41, 5.74) is 7.97. The van der Waals surface area contributed by atoms with Crippen molar-refractivity contribution in [1.82, 2.24) is 10.2 Å². The highest BCUT2D eigenvalue weighted by atomic mass is 19.1. The number of aromatic nitrogens is 2. The van der Waals surface area contributed by atoms with E-state index in [0.717, 1.165) is 11.8 Å². The molecule has 1 heterocycles. The number of halogens is 2. The van der Waals surface area contributed by atoms with Crippen LogP contribution in [0, 0.1) is 22.5 Å². The lowest BCUT2D eigenvalue weighted by Crippen LogP contribution is -1.95. The highest BCUT2D eigenvalue weighted by Crippen LogP contribution is 2.74. The number of aromatic amines is 1. The van der Waals surface area contributed by atoms with Gasteiger partial charge in [-0.05, 0) is 28.5 Å². The van der Waals surface area contributed by atoms with Gasteiger partial charge >= 0.3 is 0 Å². The Kier molecular flexibility index (Phi) is 2.71. The fourth-order valence-corrected chi connectivity index (χ4v) is 3.50. The third-order valence-electron chi connectivity index (χ3n) is 5.28. The van der Waals surface area contributed by atoms with Crippen LogP contribution >= 0.6 is 0 Å². The zero-order valence-electron chi connectivity index (χ0n) is 12.6. The number of hydrogen-bond donors (Lipinski definition) is 2. The lowest BCUT2D eigenvalue weighted by molar-refractivity contribution is 0.457. The Morgan fingerprint density at radius 3 is 2.05 bits per heavy atom. The Labute approximate surface area is 122 Å². The molecule has 3 N–H and O–H groups in total. The molecular weight excluding hydrogens is 272 g/mol. The number of hydrogen-bond acceptors (Lipinski definition) is 2. The number of nitrogens with two attached hydrogens (primary N) is 1. The van der Waals surface area contributed by atoms with Gasteiger partial charge in [-0.3, -0.25) is 5.10 Å². The first-order chi connectivity index (χ1) is 9.66. The fraction of sp³-hybridized carbons (Fsp3) is 0.438. The summed E-state index contributed by atoms with van der Waals surface area (Å²) in [5.74, 6) is -0.749. The van der Waals surface area contributed by atoms with E-state index in [1.54, 1.807) is 0 Å². The maximum absolute atomic E-state index is 13.5. The quantitative estimate of drug-likeness (QED) is 0.875. The molecule has 1 aliphatic rings. The van der Waals surface area contributed by atoms with Crippen LogP contribution in [-0.2, 0) is 0 Å². The number of nitrogen functional groups attached to an aromatic ring is 1. The molecule has 3 rings (SSSR count). The first-order valence-electron chi connectivity index (χ1n) is 6.96. The van der Waals surface area contributed by atoms with Crippen LogP contribution in [0.25, 0.3) is 11.1 Å². The van der Waals surface area contributed by atoms with Crippen LogP contribution in [0.4, 0.5) is 14.6 Å². The molecule has 0 saturated heterocycles. The molecule has 2 aromatic rings. The summed E-state index contributed by atoms with van der Waals surface area (Å²) in [4.78, 5) is 0. The number of nitrogens with one attached hydrogen (secondary N) is 1. The number of rotatable bonds is 2. The molecule has 3 nitrogen and oxygen atoms in total. The van der Waals surface area contributed by atoms with Crippen molar-refractivity contribution in [2.75, 3.05) is 5.73 Å². The number of H-pyrrole nitrogens is 1. The molecule has 5 heteroatoms. The first kappa shape index (κ1) is 14.0. The first-order valence-corrected chi connectivity index (χ1v) is 6.96. The number of benzene rings is 1. The molecule has 1 aliphatic carbocycles. The van der Waals surface area contributed by atoms with E-state index in [0.29, 0.717) is 11.1 Å². The zero-order chi connectivity index (χ0) is 15.6. The van der Waals surface area contributed by atoms with E-state index in [9.17, 15) is 8.78 Å². The van der Waals surface area contributed by atoms with Gasteiger partial charge in [0.15, 0.2) is 5.82 Å². The van der Waals surface area contributed by atoms with Gasteiger partial charge in [-0.15, -0.1) is 0 Å². The summed E-state index contributed by atoms with van der Waals surface area (Å²) in [7, 11) is 0. The molecule has 0 aliphatic heterocycles. The van der Waals surface area contributed by atoms with E-state index in [2.05, 4.69) is 37.9 Å². The molecule has 0 bridgehead atoms. The van der Waals surface area contributed by atoms with Gasteiger partial charge in [0.25, 0.3) is 0 Å². The van der Waals surface area contributed by atoms with Crippen LogP contribution < -0.4 is 5.73 Å². The molecule has 21 heavy (non-hydrogen) atoms. The van der Waals surface area contributed by atoms with Crippen molar-refractivity contribution in [2.24, 2.45) is 10.8 Å². The second-order valence-corrected chi connectivity index (χ2v) is 6.93. The van der Waals surface area contributed by atoms with Crippen LogP contribution in [0.5, 0.6) is 0 Å². The van der Waals surface area contributed by atoms with E-state index in [1.807, 2.05) is 0 Å². The van der Waals surface area contributed by atoms with Crippen molar-refractivity contribution in [2.45, 2.75) is 33.6 Å². The minimum Gasteiger partial charge on any atom is -0.382 e. The molecule has 0 atom stereocenters. The van der Waals surface area contributed by atoms with Crippen molar-refractivity contribution in [3.63, 3.8) is 0 Å². The second kappa shape index (κ2) is 4.06. The monoisotopic (exact) mass is 291 g/mol. The minimum atomic E-state index is -0.620. The standard InChI is InChI=1S/C16H19F2N3/c1-15(2)13(16(15,3)4)12-11(14(19)21-20-12)8-5-9(17)7-10(18)6-8/h5-7,13H,1-4H3,(H3,19,20,21). The normalized spacial score (nSPS) is 19.7. The van der Waals surface area contributed by atoms with E-state index < -0.39 is 11.6 Å². The summed E-state index contributed by atoms with van der Waals surface area (Å²) < 4.78 is 27.0. The van der Waals surface area contributed by atoms with Gasteiger partial charge in [-0.2, -0.15) is 5.10 Å². The smallest absolute Gasteiger partial charge is 0.153 e. The average Bonchev–Trinajstić information content (AvgIpc) is 2.63. The second-order valence-electron chi connectivity index (χ2n) is 6.93. The van der Waals surface area contributed by atoms with E-state index in [4.69, 9.17) is 5.73 Å². The molecule has 1 fully saturated rings. The highest BCUT2D eigenvalue weighted by Gasteiger charge is 2.66. The number of anilines is 1. The average molecular weight is 291 g/mol. The van der Waals surface area contributed by atoms with Crippen LogP contribution in [-0.4, -0.2) is 10.2 Å². The largest absolute Gasteiger partial charge is 0.382 e. The predicted octanol–water partition coefficient (Wildman–Crippen LogP) is 4.09. The molecule has 0 radical (unpaired) electrons. The van der Waals surface area contributed by atoms with Crippen LogP contribution in [0.15, 0.2) is 18.2 Å². The van der Waals surface area contributed by atoms with Gasteiger partial charge in [-0.1, -0.05) is 27.7 Å². The molecule has 1 aromatic heterocycles. The lowest BCUT2D eigenvalue weighted by Gasteiger charge is -2.07. The predicted molar refractivity (Wildman–Crippen MR) is 78.7 cm³/mol. The minimum absolute atomic E-state index is 0.0760. The molecule has 1 saturated carbocycles. The summed E-state index contributed by atoms with van der Waals surface area (Å²) in [6.07, 6.45) is 0. The summed E-state index contributed by atoms with van der Waals surface area (Å²) in [5, 5.41) is 7.02. The Morgan fingerprint density at radius 1 is 1.05 bits per heavy atom. The Balaban J connectivity index is 2.15. The van der Waals surface area contributed by atoms with Gasteiger partial charge in [-0.25, -0.2) is 8.78 Å². The zero-order valence-corrected chi connectivity index (χ0v) is 12.6. The van der Waals surface area contributed by atoms with Crippen LogP contribution in [0.2, 0.25) is 0 Å². The Bertz CT molecular complexity index is 682. The maximum Gasteiger partial charge on any atom is 0.153 e. The van der Waals surface area contributed by atoms with E-state index in [1.165, 1.54) is 12.1 Å². The van der Waals surface area contributed by atoms with Gasteiger partial charge in [0, 0.05) is 23.2 Å². The van der Waals surface area contributed by atoms with Crippen molar-refractivity contribution in [1.29, 1.82) is 0 Å². The van der Waals surface area contributed by atoms with Gasteiger partial charge in [0.1, 0.15) is 11.6 Å². The summed E-state index contributed by atoms with van der Waals surface area (Å²) >= 11 is 0. The maximum atomic E-state index is 13.5. The van der Waals surface area contributed by atoms with Crippen molar-refractivity contribution in [3.8, 4) is 11.1 Å². The molecule has 1 aromatic carbocycles. The third-order valence-corrected chi connectivity index (χ3v) is 5.28.